The van der Waals surface area contributed by atoms with Crippen LogP contribution in [0.1, 0.15) is 51.5 Å². The predicted octanol–water partition coefficient (Wildman–Crippen LogP) is 3.34. The molecule has 2 nitrogen and oxygen atoms in total. The van der Waals surface area contributed by atoms with Gasteiger partial charge < -0.3 is 10.2 Å². The summed E-state index contributed by atoms with van der Waals surface area (Å²) in [6.45, 7) is 6.24. The molecule has 0 aromatic heterocycles. The third kappa shape index (κ3) is 2.70. The van der Waals surface area contributed by atoms with Crippen LogP contribution in [0.25, 0.3) is 0 Å². The normalized spacial score (nSPS) is 36.2. The van der Waals surface area contributed by atoms with Gasteiger partial charge in [-0.3, -0.25) is 0 Å². The second-order valence-corrected chi connectivity index (χ2v) is 6.35. The molecule has 19 heavy (non-hydrogen) atoms. The van der Waals surface area contributed by atoms with Gasteiger partial charge in [0.25, 0.3) is 0 Å². The molecule has 2 rings (SSSR count). The first kappa shape index (κ1) is 14.5. The van der Waals surface area contributed by atoms with Gasteiger partial charge in [-0.25, -0.2) is 0 Å². The van der Waals surface area contributed by atoms with Crippen LogP contribution in [0.4, 0.5) is 0 Å². The molecule has 1 aromatic rings. The Labute approximate surface area is 116 Å². The van der Waals surface area contributed by atoms with Crippen LogP contribution in [-0.4, -0.2) is 21.9 Å². The van der Waals surface area contributed by atoms with Crippen LogP contribution >= 0.6 is 0 Å². The number of benzene rings is 1. The first-order valence-corrected chi connectivity index (χ1v) is 7.42. The Hall–Kier alpha value is -0.860. The SMILES string of the molecule is CC(C)[C@]1(O)CCC[C@H](O)[C@H](C)[C@@H]1c1ccccc1. The highest BCUT2D eigenvalue weighted by Gasteiger charge is 2.46. The Morgan fingerprint density at radius 2 is 1.84 bits per heavy atom. The molecule has 2 N–H and O–H groups in total. The molecule has 0 bridgehead atoms. The maximum Gasteiger partial charge on any atom is 0.0742 e. The summed E-state index contributed by atoms with van der Waals surface area (Å²) in [6.07, 6.45) is 2.13. The molecule has 0 saturated heterocycles. The van der Waals surface area contributed by atoms with E-state index in [0.29, 0.717) is 0 Å². The highest BCUT2D eigenvalue weighted by Crippen LogP contribution is 2.46. The Kier molecular flexibility index (Phi) is 4.32. The molecule has 0 unspecified atom stereocenters. The van der Waals surface area contributed by atoms with Crippen molar-refractivity contribution in [3.63, 3.8) is 0 Å². The van der Waals surface area contributed by atoms with E-state index in [4.69, 9.17) is 0 Å². The van der Waals surface area contributed by atoms with Gasteiger partial charge in [0.05, 0.1) is 11.7 Å². The zero-order valence-corrected chi connectivity index (χ0v) is 12.2. The average Bonchev–Trinajstić information content (AvgIpc) is 2.50. The van der Waals surface area contributed by atoms with E-state index >= 15 is 0 Å². The number of aliphatic hydroxyl groups excluding tert-OH is 1. The van der Waals surface area contributed by atoms with Crippen molar-refractivity contribution in [2.45, 2.75) is 57.7 Å². The van der Waals surface area contributed by atoms with Crippen molar-refractivity contribution in [2.24, 2.45) is 11.8 Å². The molecule has 0 amide bonds. The summed E-state index contributed by atoms with van der Waals surface area (Å²) in [7, 11) is 0. The number of hydrogen-bond acceptors (Lipinski definition) is 2. The smallest absolute Gasteiger partial charge is 0.0742 e. The molecule has 4 atom stereocenters. The Morgan fingerprint density at radius 1 is 1.21 bits per heavy atom. The van der Waals surface area contributed by atoms with Gasteiger partial charge in [0.1, 0.15) is 0 Å². The molecule has 0 radical (unpaired) electrons. The minimum atomic E-state index is -0.724. The molecule has 1 aliphatic carbocycles. The minimum Gasteiger partial charge on any atom is -0.393 e. The molecule has 0 spiro atoms. The topological polar surface area (TPSA) is 40.5 Å². The maximum absolute atomic E-state index is 11.2. The van der Waals surface area contributed by atoms with Gasteiger partial charge in [0, 0.05) is 5.92 Å². The molecular weight excluding hydrogens is 236 g/mol. The van der Waals surface area contributed by atoms with Gasteiger partial charge >= 0.3 is 0 Å². The molecule has 1 saturated carbocycles. The van der Waals surface area contributed by atoms with Crippen LogP contribution in [-0.2, 0) is 0 Å². The lowest BCUT2D eigenvalue weighted by molar-refractivity contribution is -0.0565. The molecule has 1 aromatic carbocycles. The van der Waals surface area contributed by atoms with E-state index in [2.05, 4.69) is 32.9 Å². The zero-order valence-electron chi connectivity index (χ0n) is 12.2. The zero-order chi connectivity index (χ0) is 14.0. The Balaban J connectivity index is 2.46. The van der Waals surface area contributed by atoms with Crippen molar-refractivity contribution in [2.75, 3.05) is 0 Å². The van der Waals surface area contributed by atoms with Crippen molar-refractivity contribution in [1.82, 2.24) is 0 Å². The summed E-state index contributed by atoms with van der Waals surface area (Å²) >= 11 is 0. The predicted molar refractivity (Wildman–Crippen MR) is 78.0 cm³/mol. The van der Waals surface area contributed by atoms with Crippen LogP contribution in [0.5, 0.6) is 0 Å². The molecule has 1 fully saturated rings. The van der Waals surface area contributed by atoms with Gasteiger partial charge in [-0.1, -0.05) is 51.1 Å². The lowest BCUT2D eigenvalue weighted by Crippen LogP contribution is -2.44. The number of aliphatic hydroxyl groups is 2. The van der Waals surface area contributed by atoms with Gasteiger partial charge in [-0.05, 0) is 36.7 Å². The van der Waals surface area contributed by atoms with Crippen molar-refractivity contribution >= 4 is 0 Å². The fourth-order valence-electron chi connectivity index (χ4n) is 3.59. The van der Waals surface area contributed by atoms with E-state index in [1.807, 2.05) is 18.2 Å². The average molecular weight is 262 g/mol. The summed E-state index contributed by atoms with van der Waals surface area (Å²) in [5, 5.41) is 21.5. The minimum absolute atomic E-state index is 0.00574. The number of hydrogen-bond donors (Lipinski definition) is 2. The van der Waals surface area contributed by atoms with Gasteiger partial charge in [0.2, 0.25) is 0 Å². The van der Waals surface area contributed by atoms with Crippen LogP contribution in [0, 0.1) is 11.8 Å². The van der Waals surface area contributed by atoms with Crippen molar-refractivity contribution in [3.8, 4) is 0 Å². The van der Waals surface area contributed by atoms with E-state index < -0.39 is 5.60 Å². The van der Waals surface area contributed by atoms with Gasteiger partial charge in [-0.2, -0.15) is 0 Å². The van der Waals surface area contributed by atoms with Crippen LogP contribution in [0.3, 0.4) is 0 Å². The van der Waals surface area contributed by atoms with Crippen molar-refractivity contribution < 1.29 is 10.2 Å². The van der Waals surface area contributed by atoms with Crippen molar-refractivity contribution in [1.29, 1.82) is 0 Å². The van der Waals surface area contributed by atoms with Crippen molar-refractivity contribution in [3.05, 3.63) is 35.9 Å². The lowest BCUT2D eigenvalue weighted by Gasteiger charge is -2.42. The van der Waals surface area contributed by atoms with Gasteiger partial charge in [-0.15, -0.1) is 0 Å². The van der Waals surface area contributed by atoms with Crippen LogP contribution < -0.4 is 0 Å². The molecule has 0 aliphatic heterocycles. The number of rotatable bonds is 2. The third-order valence-corrected chi connectivity index (χ3v) is 4.91. The van der Waals surface area contributed by atoms with E-state index in [1.165, 1.54) is 0 Å². The second kappa shape index (κ2) is 5.64. The van der Waals surface area contributed by atoms with E-state index in [9.17, 15) is 10.2 Å². The third-order valence-electron chi connectivity index (χ3n) is 4.91. The monoisotopic (exact) mass is 262 g/mol. The Morgan fingerprint density at radius 3 is 2.42 bits per heavy atom. The highest BCUT2D eigenvalue weighted by molar-refractivity contribution is 5.25. The van der Waals surface area contributed by atoms with Gasteiger partial charge in [0.15, 0.2) is 0 Å². The fourth-order valence-corrected chi connectivity index (χ4v) is 3.59. The standard InChI is InChI=1S/C17H26O2/c1-12(2)17(19)11-7-10-15(18)13(3)16(17)14-8-5-4-6-9-14/h4-6,8-9,12-13,15-16,18-19H,7,10-11H2,1-3H3/t13-,15-,16+,17+/m0/s1. The van der Waals surface area contributed by atoms with E-state index in [0.717, 1.165) is 24.8 Å². The van der Waals surface area contributed by atoms with E-state index in [-0.39, 0.29) is 23.9 Å². The second-order valence-electron chi connectivity index (χ2n) is 6.35. The molecule has 0 heterocycles. The Bertz CT molecular complexity index is 401. The summed E-state index contributed by atoms with van der Waals surface area (Å²) in [5.41, 5.74) is 0.422. The largest absolute Gasteiger partial charge is 0.393 e. The molecule has 2 heteroatoms. The molecule has 1 aliphatic rings. The first-order chi connectivity index (χ1) is 8.97. The summed E-state index contributed by atoms with van der Waals surface area (Å²) in [4.78, 5) is 0. The first-order valence-electron chi connectivity index (χ1n) is 7.42. The quantitative estimate of drug-likeness (QED) is 0.803. The lowest BCUT2D eigenvalue weighted by atomic mass is 9.68. The van der Waals surface area contributed by atoms with E-state index in [1.54, 1.807) is 0 Å². The maximum atomic E-state index is 11.2. The van der Waals surface area contributed by atoms with Crippen LogP contribution in [0.15, 0.2) is 30.3 Å². The fraction of sp³-hybridized carbons (Fsp3) is 0.647. The molecular formula is C17H26O2. The summed E-state index contributed by atoms with van der Waals surface area (Å²) in [5.74, 6) is 0.272. The highest BCUT2D eigenvalue weighted by atomic mass is 16.3. The van der Waals surface area contributed by atoms with Crippen LogP contribution in [0.2, 0.25) is 0 Å². The summed E-state index contributed by atoms with van der Waals surface area (Å²) < 4.78 is 0. The summed E-state index contributed by atoms with van der Waals surface area (Å²) in [6, 6.07) is 10.2. The molecule has 106 valence electrons.